The van der Waals surface area contributed by atoms with Gasteiger partial charge in [-0.1, -0.05) is 0 Å². The van der Waals surface area contributed by atoms with Gasteiger partial charge in [0.05, 0.1) is 17.6 Å². The van der Waals surface area contributed by atoms with Crippen LogP contribution in [0.3, 0.4) is 0 Å². The van der Waals surface area contributed by atoms with Crippen molar-refractivity contribution in [3.8, 4) is 0 Å². The molecule has 4 nitrogen and oxygen atoms in total. The average molecular weight is 294 g/mol. The fourth-order valence-corrected chi connectivity index (χ4v) is 3.40. The summed E-state index contributed by atoms with van der Waals surface area (Å²) >= 11 is 5.67. The highest BCUT2D eigenvalue weighted by Gasteiger charge is 2.30. The van der Waals surface area contributed by atoms with Crippen LogP contribution in [0.1, 0.15) is 0 Å². The molecule has 0 spiro atoms. The molecular formula is C11H13ClFNO3S. The Kier molecular flexibility index (Phi) is 4.21. The van der Waals surface area contributed by atoms with Crippen LogP contribution in [0.2, 0.25) is 0 Å². The lowest BCUT2D eigenvalue weighted by Gasteiger charge is -2.31. The quantitative estimate of drug-likeness (QED) is 0.793. The summed E-state index contributed by atoms with van der Waals surface area (Å²) in [6.07, 6.45) is -0.296. The topological polar surface area (TPSA) is 46.6 Å². The van der Waals surface area contributed by atoms with E-state index in [9.17, 15) is 12.8 Å². The lowest BCUT2D eigenvalue weighted by atomic mass is 10.3. The number of sulfonamides is 1. The molecule has 1 unspecified atom stereocenters. The van der Waals surface area contributed by atoms with Gasteiger partial charge in [-0.15, -0.1) is 11.6 Å². The van der Waals surface area contributed by atoms with E-state index in [4.69, 9.17) is 16.3 Å². The molecule has 0 radical (unpaired) electrons. The van der Waals surface area contributed by atoms with Gasteiger partial charge in [-0.2, -0.15) is 4.31 Å². The van der Waals surface area contributed by atoms with Crippen molar-refractivity contribution in [2.24, 2.45) is 0 Å². The third-order valence-electron chi connectivity index (χ3n) is 2.73. The highest BCUT2D eigenvalue weighted by molar-refractivity contribution is 7.89. The molecule has 0 aliphatic carbocycles. The summed E-state index contributed by atoms with van der Waals surface area (Å²) in [6.45, 7) is 0.827. The first-order chi connectivity index (χ1) is 8.54. The number of ether oxygens (including phenoxy) is 1. The number of nitrogens with zero attached hydrogens (tertiary/aromatic N) is 1. The summed E-state index contributed by atoms with van der Waals surface area (Å²) in [4.78, 5) is 0.0825. The molecular weight excluding hydrogens is 281 g/mol. The van der Waals surface area contributed by atoms with Crippen LogP contribution in [0, 0.1) is 5.82 Å². The van der Waals surface area contributed by atoms with Crippen LogP contribution in [0.5, 0.6) is 0 Å². The van der Waals surface area contributed by atoms with E-state index < -0.39 is 15.8 Å². The van der Waals surface area contributed by atoms with Crippen molar-refractivity contribution >= 4 is 21.6 Å². The average Bonchev–Trinajstić information content (AvgIpc) is 2.39. The Morgan fingerprint density at radius 1 is 1.39 bits per heavy atom. The molecule has 0 aromatic heterocycles. The second kappa shape index (κ2) is 5.52. The van der Waals surface area contributed by atoms with Crippen LogP contribution >= 0.6 is 11.6 Å². The molecule has 1 aliphatic rings. The number of morpholine rings is 1. The predicted molar refractivity (Wildman–Crippen MR) is 65.6 cm³/mol. The normalized spacial score (nSPS) is 22.0. The fraction of sp³-hybridized carbons (Fsp3) is 0.455. The van der Waals surface area contributed by atoms with Gasteiger partial charge in [-0.3, -0.25) is 0 Å². The van der Waals surface area contributed by atoms with E-state index in [-0.39, 0.29) is 30.0 Å². The van der Waals surface area contributed by atoms with Crippen molar-refractivity contribution in [2.45, 2.75) is 11.0 Å². The lowest BCUT2D eigenvalue weighted by molar-refractivity contribution is 0.0122. The van der Waals surface area contributed by atoms with Gasteiger partial charge >= 0.3 is 0 Å². The van der Waals surface area contributed by atoms with E-state index in [1.165, 1.54) is 16.4 Å². The molecule has 0 amide bonds. The van der Waals surface area contributed by atoms with E-state index >= 15 is 0 Å². The zero-order valence-electron chi connectivity index (χ0n) is 9.55. The smallest absolute Gasteiger partial charge is 0.243 e. The van der Waals surface area contributed by atoms with Gasteiger partial charge in [-0.25, -0.2) is 12.8 Å². The van der Waals surface area contributed by atoms with Crippen molar-refractivity contribution in [1.82, 2.24) is 4.31 Å². The van der Waals surface area contributed by atoms with Crippen LogP contribution in [0.25, 0.3) is 0 Å². The van der Waals surface area contributed by atoms with E-state index in [2.05, 4.69) is 0 Å². The van der Waals surface area contributed by atoms with Crippen molar-refractivity contribution in [3.63, 3.8) is 0 Å². The third-order valence-corrected chi connectivity index (χ3v) is 4.95. The first-order valence-corrected chi connectivity index (χ1v) is 7.45. The van der Waals surface area contributed by atoms with Crippen molar-refractivity contribution in [3.05, 3.63) is 30.1 Å². The molecule has 1 aromatic carbocycles. The van der Waals surface area contributed by atoms with Gasteiger partial charge in [0.1, 0.15) is 5.82 Å². The van der Waals surface area contributed by atoms with Crippen molar-refractivity contribution in [2.75, 3.05) is 25.6 Å². The maximum Gasteiger partial charge on any atom is 0.243 e. The van der Waals surface area contributed by atoms with Gasteiger partial charge in [0.15, 0.2) is 0 Å². The first-order valence-electron chi connectivity index (χ1n) is 5.47. The summed E-state index contributed by atoms with van der Waals surface area (Å²) in [7, 11) is -3.59. The van der Waals surface area contributed by atoms with Crippen molar-refractivity contribution < 1.29 is 17.5 Å². The Balaban J connectivity index is 2.22. The third kappa shape index (κ3) is 2.83. The molecule has 1 heterocycles. The summed E-state index contributed by atoms with van der Waals surface area (Å²) in [6, 6.07) is 4.78. The van der Waals surface area contributed by atoms with E-state index in [1.54, 1.807) is 0 Å². The number of halogens is 2. The van der Waals surface area contributed by atoms with E-state index in [0.717, 1.165) is 12.1 Å². The Morgan fingerprint density at radius 3 is 2.67 bits per heavy atom. The summed E-state index contributed by atoms with van der Waals surface area (Å²) in [5, 5.41) is 0. The molecule has 0 bridgehead atoms. The summed E-state index contributed by atoms with van der Waals surface area (Å²) < 4.78 is 43.9. The van der Waals surface area contributed by atoms with E-state index in [0.29, 0.717) is 6.61 Å². The maximum atomic E-state index is 12.8. The number of hydrogen-bond acceptors (Lipinski definition) is 3. The Labute approximate surface area is 110 Å². The molecule has 2 rings (SSSR count). The minimum absolute atomic E-state index is 0.0825. The monoisotopic (exact) mass is 293 g/mol. The van der Waals surface area contributed by atoms with Gasteiger partial charge in [0, 0.05) is 19.0 Å². The van der Waals surface area contributed by atoms with Crippen LogP contribution in [0.15, 0.2) is 29.2 Å². The molecule has 1 saturated heterocycles. The molecule has 7 heteroatoms. The van der Waals surface area contributed by atoms with Gasteiger partial charge in [-0.05, 0) is 24.3 Å². The van der Waals surface area contributed by atoms with Crippen LogP contribution in [-0.2, 0) is 14.8 Å². The van der Waals surface area contributed by atoms with E-state index in [1.807, 2.05) is 0 Å². The SMILES string of the molecule is O=S(=O)(c1ccc(F)cc1)N1CCOC(CCl)C1. The molecule has 0 N–H and O–H groups in total. The Hall–Kier alpha value is -0.690. The molecule has 100 valence electrons. The summed E-state index contributed by atoms with van der Waals surface area (Å²) in [5.41, 5.74) is 0. The molecule has 1 fully saturated rings. The molecule has 1 atom stereocenters. The number of hydrogen-bond donors (Lipinski definition) is 0. The molecule has 18 heavy (non-hydrogen) atoms. The standard InChI is InChI=1S/C11H13ClFNO3S/c12-7-10-8-14(5-6-17-10)18(15,16)11-3-1-9(13)2-4-11/h1-4,10H,5-8H2. The molecule has 1 aliphatic heterocycles. The number of benzene rings is 1. The largest absolute Gasteiger partial charge is 0.374 e. The second-order valence-corrected chi connectivity index (χ2v) is 6.21. The number of alkyl halides is 1. The zero-order valence-corrected chi connectivity index (χ0v) is 11.1. The fourth-order valence-electron chi connectivity index (χ4n) is 1.76. The maximum absolute atomic E-state index is 12.8. The molecule has 0 saturated carbocycles. The number of rotatable bonds is 3. The first kappa shape index (κ1) is 13.7. The Bertz CT molecular complexity index is 506. The van der Waals surface area contributed by atoms with Gasteiger partial charge in [0.2, 0.25) is 10.0 Å². The predicted octanol–water partition coefficient (Wildman–Crippen LogP) is 1.45. The van der Waals surface area contributed by atoms with Gasteiger partial charge < -0.3 is 4.74 Å². The highest BCUT2D eigenvalue weighted by atomic mass is 35.5. The van der Waals surface area contributed by atoms with Crippen LogP contribution in [0.4, 0.5) is 4.39 Å². The van der Waals surface area contributed by atoms with Crippen LogP contribution in [-0.4, -0.2) is 44.4 Å². The van der Waals surface area contributed by atoms with Crippen LogP contribution < -0.4 is 0 Å². The zero-order chi connectivity index (χ0) is 13.2. The second-order valence-electron chi connectivity index (χ2n) is 3.96. The molecule has 1 aromatic rings. The highest BCUT2D eigenvalue weighted by Crippen LogP contribution is 2.19. The minimum Gasteiger partial charge on any atom is -0.374 e. The Morgan fingerprint density at radius 2 is 2.06 bits per heavy atom. The minimum atomic E-state index is -3.59. The summed E-state index contributed by atoms with van der Waals surface area (Å²) in [5.74, 6) is -0.218. The van der Waals surface area contributed by atoms with Gasteiger partial charge in [0.25, 0.3) is 0 Å². The van der Waals surface area contributed by atoms with Crippen molar-refractivity contribution in [1.29, 1.82) is 0 Å². The lowest BCUT2D eigenvalue weighted by Crippen LogP contribution is -2.46.